The number of carbonyl (C=O) groups is 1. The fourth-order valence-electron chi connectivity index (χ4n) is 2.34. The van der Waals surface area contributed by atoms with Crippen molar-refractivity contribution in [2.24, 2.45) is 5.10 Å². The Kier molecular flexibility index (Phi) is 7.44. The van der Waals surface area contributed by atoms with Gasteiger partial charge >= 0.3 is 0 Å². The quantitative estimate of drug-likeness (QED) is 0.362. The normalized spacial score (nSPS) is 12.2. The first kappa shape index (κ1) is 20.2. The Balaban J connectivity index is 1.86. The number of aromatic hydroxyl groups is 1. The number of phenolic OH excluding ortho intramolecular Hbond substituents is 1. The summed E-state index contributed by atoms with van der Waals surface area (Å²) in [5.41, 5.74) is 4.96. The zero-order chi connectivity index (χ0) is 19.1. The van der Waals surface area contributed by atoms with Gasteiger partial charge < -0.3 is 9.84 Å². The van der Waals surface area contributed by atoms with E-state index in [1.54, 1.807) is 6.07 Å². The maximum Gasteiger partial charge on any atom is 0.277 e. The average molecular weight is 466 g/mol. The lowest BCUT2D eigenvalue weighted by Crippen LogP contribution is -2.24. The van der Waals surface area contributed by atoms with Crippen LogP contribution < -0.4 is 10.2 Å². The lowest BCUT2D eigenvalue weighted by molar-refractivity contribution is -0.123. The maximum atomic E-state index is 11.8. The fourth-order valence-corrected chi connectivity index (χ4v) is 3.15. The lowest BCUT2D eigenvalue weighted by atomic mass is 9.99. The van der Waals surface area contributed by atoms with Crippen LogP contribution in [0.2, 0.25) is 0 Å². The van der Waals surface area contributed by atoms with E-state index in [9.17, 15) is 9.90 Å². The highest BCUT2D eigenvalue weighted by Crippen LogP contribution is 2.23. The third-order valence-electron chi connectivity index (χ3n) is 4.12. The first-order valence-corrected chi connectivity index (χ1v) is 9.52. The summed E-state index contributed by atoms with van der Waals surface area (Å²) in [7, 11) is 0. The van der Waals surface area contributed by atoms with E-state index in [1.807, 2.05) is 37.3 Å². The van der Waals surface area contributed by atoms with E-state index in [2.05, 4.69) is 47.0 Å². The molecule has 1 atom stereocenters. The summed E-state index contributed by atoms with van der Waals surface area (Å²) >= 11 is 2.16. The number of nitrogens with one attached hydrogen (secondary N) is 1. The van der Waals surface area contributed by atoms with Crippen LogP contribution in [0.1, 0.15) is 42.9 Å². The van der Waals surface area contributed by atoms with E-state index < -0.39 is 0 Å². The number of carbonyl (C=O) groups excluding carboxylic acids is 1. The first-order valence-electron chi connectivity index (χ1n) is 8.44. The number of phenols is 1. The second-order valence-electron chi connectivity index (χ2n) is 6.12. The van der Waals surface area contributed by atoms with Crippen molar-refractivity contribution in [1.82, 2.24) is 5.43 Å². The molecule has 5 nitrogen and oxygen atoms in total. The summed E-state index contributed by atoms with van der Waals surface area (Å²) in [6, 6.07) is 11.4. The van der Waals surface area contributed by atoms with E-state index in [4.69, 9.17) is 4.74 Å². The van der Waals surface area contributed by atoms with Crippen LogP contribution in [-0.4, -0.2) is 23.8 Å². The maximum absolute atomic E-state index is 11.8. The molecule has 0 aliphatic carbocycles. The standard InChI is InChI=1S/C20H23IN2O3/c1-4-13(2)15-5-7-18(8-6-15)26-12-19(24)23-22-11-16-10-17(21)9-14(3)20(16)25/h5-11,13,25H,4,12H2,1-3H3,(H,23,24)/b22-11-/t13-/m1/s1. The average Bonchev–Trinajstić information content (AvgIpc) is 2.63. The molecule has 0 radical (unpaired) electrons. The Bertz CT molecular complexity index is 788. The summed E-state index contributed by atoms with van der Waals surface area (Å²) in [5, 5.41) is 13.9. The van der Waals surface area contributed by atoms with Crippen molar-refractivity contribution in [3.05, 3.63) is 56.7 Å². The van der Waals surface area contributed by atoms with Gasteiger partial charge in [-0.1, -0.05) is 26.0 Å². The third kappa shape index (κ3) is 5.72. The van der Waals surface area contributed by atoms with E-state index in [-0.39, 0.29) is 18.3 Å². The largest absolute Gasteiger partial charge is 0.507 e. The van der Waals surface area contributed by atoms with Crippen LogP contribution in [0.5, 0.6) is 11.5 Å². The topological polar surface area (TPSA) is 70.9 Å². The summed E-state index contributed by atoms with van der Waals surface area (Å²) in [4.78, 5) is 11.8. The molecule has 26 heavy (non-hydrogen) atoms. The number of hydrogen-bond acceptors (Lipinski definition) is 4. The molecule has 6 heteroatoms. The second-order valence-corrected chi connectivity index (χ2v) is 7.37. The van der Waals surface area contributed by atoms with E-state index in [0.717, 1.165) is 15.6 Å². The summed E-state index contributed by atoms with van der Waals surface area (Å²) in [6.07, 6.45) is 2.50. The highest BCUT2D eigenvalue weighted by molar-refractivity contribution is 14.1. The number of rotatable bonds is 7. The molecule has 1 amide bonds. The minimum atomic E-state index is -0.367. The van der Waals surface area contributed by atoms with Crippen LogP contribution in [-0.2, 0) is 4.79 Å². The van der Waals surface area contributed by atoms with Crippen LogP contribution in [0, 0.1) is 10.5 Å². The van der Waals surface area contributed by atoms with Crippen molar-refractivity contribution < 1.29 is 14.6 Å². The van der Waals surface area contributed by atoms with Gasteiger partial charge in [0.1, 0.15) is 11.5 Å². The molecule has 0 fully saturated rings. The number of halogens is 1. The highest BCUT2D eigenvalue weighted by atomic mass is 127. The van der Waals surface area contributed by atoms with Crippen LogP contribution in [0.25, 0.3) is 0 Å². The van der Waals surface area contributed by atoms with Crippen molar-refractivity contribution in [3.63, 3.8) is 0 Å². The van der Waals surface area contributed by atoms with Crippen LogP contribution in [0.15, 0.2) is 41.5 Å². The summed E-state index contributed by atoms with van der Waals surface area (Å²) < 4.78 is 6.45. The van der Waals surface area contributed by atoms with Gasteiger partial charge in [-0.05, 0) is 77.2 Å². The minimum absolute atomic E-state index is 0.128. The monoisotopic (exact) mass is 466 g/mol. The minimum Gasteiger partial charge on any atom is -0.507 e. The molecule has 0 aliphatic heterocycles. The zero-order valence-corrected chi connectivity index (χ0v) is 17.3. The number of amides is 1. The molecule has 0 unspecified atom stereocenters. The molecule has 0 heterocycles. The van der Waals surface area contributed by atoms with Crippen molar-refractivity contribution in [3.8, 4) is 11.5 Å². The molecule has 0 aromatic heterocycles. The van der Waals surface area contributed by atoms with Crippen LogP contribution in [0.3, 0.4) is 0 Å². The smallest absolute Gasteiger partial charge is 0.277 e. The van der Waals surface area contributed by atoms with Crippen LogP contribution in [0.4, 0.5) is 0 Å². The van der Waals surface area contributed by atoms with Gasteiger partial charge in [0.15, 0.2) is 6.61 Å². The van der Waals surface area contributed by atoms with Gasteiger partial charge in [-0.15, -0.1) is 0 Å². The number of benzene rings is 2. The van der Waals surface area contributed by atoms with Gasteiger partial charge in [-0.25, -0.2) is 5.43 Å². The summed E-state index contributed by atoms with van der Waals surface area (Å²) in [5.74, 6) is 0.931. The Morgan fingerprint density at radius 3 is 2.69 bits per heavy atom. The molecular formula is C20H23IN2O3. The Morgan fingerprint density at radius 2 is 2.04 bits per heavy atom. The molecule has 0 bridgehead atoms. The highest BCUT2D eigenvalue weighted by Gasteiger charge is 2.06. The molecule has 2 aromatic rings. The number of nitrogens with zero attached hydrogens (tertiary/aromatic N) is 1. The molecule has 2 aromatic carbocycles. The van der Waals surface area contributed by atoms with Gasteiger partial charge in [0.05, 0.1) is 6.21 Å². The Morgan fingerprint density at radius 1 is 1.35 bits per heavy atom. The number of aryl methyl sites for hydroxylation is 1. The van der Waals surface area contributed by atoms with Gasteiger partial charge in [0, 0.05) is 9.13 Å². The fraction of sp³-hybridized carbons (Fsp3) is 0.300. The number of hydrogen-bond donors (Lipinski definition) is 2. The van der Waals surface area contributed by atoms with Gasteiger partial charge in [-0.3, -0.25) is 4.79 Å². The molecule has 0 saturated heterocycles. The van der Waals surface area contributed by atoms with Crippen molar-refractivity contribution in [2.75, 3.05) is 6.61 Å². The van der Waals surface area contributed by atoms with Gasteiger partial charge in [0.25, 0.3) is 5.91 Å². The van der Waals surface area contributed by atoms with Gasteiger partial charge in [-0.2, -0.15) is 5.10 Å². The van der Waals surface area contributed by atoms with E-state index >= 15 is 0 Å². The molecule has 2 rings (SSSR count). The van der Waals surface area contributed by atoms with E-state index in [0.29, 0.717) is 17.2 Å². The first-order chi connectivity index (χ1) is 12.4. The zero-order valence-electron chi connectivity index (χ0n) is 15.1. The second kappa shape index (κ2) is 9.56. The number of ether oxygens (including phenoxy) is 1. The van der Waals surface area contributed by atoms with Gasteiger partial charge in [0.2, 0.25) is 0 Å². The Hall–Kier alpha value is -2.09. The van der Waals surface area contributed by atoms with Crippen molar-refractivity contribution in [1.29, 1.82) is 0 Å². The molecular weight excluding hydrogens is 443 g/mol. The summed E-state index contributed by atoms with van der Waals surface area (Å²) in [6.45, 7) is 6.01. The lowest BCUT2D eigenvalue weighted by Gasteiger charge is -2.10. The molecule has 0 saturated carbocycles. The predicted molar refractivity (Wildman–Crippen MR) is 112 cm³/mol. The van der Waals surface area contributed by atoms with Crippen molar-refractivity contribution in [2.45, 2.75) is 33.1 Å². The third-order valence-corrected chi connectivity index (χ3v) is 4.74. The SMILES string of the molecule is CC[C@@H](C)c1ccc(OCC(=O)N/N=C\c2cc(I)cc(C)c2O)cc1. The van der Waals surface area contributed by atoms with Crippen molar-refractivity contribution >= 4 is 34.7 Å². The van der Waals surface area contributed by atoms with E-state index in [1.165, 1.54) is 11.8 Å². The Labute approximate surface area is 167 Å². The predicted octanol–water partition coefficient (Wildman–Crippen LogP) is 4.35. The van der Waals surface area contributed by atoms with Crippen LogP contribution >= 0.6 is 22.6 Å². The number of hydrazone groups is 1. The molecule has 0 spiro atoms. The molecule has 2 N–H and O–H groups in total. The molecule has 0 aliphatic rings. The molecule has 138 valence electrons.